The number of methoxy groups -OCH3 is 1. The van der Waals surface area contributed by atoms with E-state index in [4.69, 9.17) is 9.94 Å². The maximum absolute atomic E-state index is 8.72. The molecule has 2 rings (SSSR count). The largest absolute Gasteiger partial charge is 0.496 e. The number of fused-ring (bicyclic) bond motifs is 1. The van der Waals surface area contributed by atoms with Crippen LogP contribution in [0.15, 0.2) is 23.4 Å². The summed E-state index contributed by atoms with van der Waals surface area (Å²) in [5, 5.41) is 12.0. The standard InChI is InChI=1S/C10H11NO2/c1-13-10-4-2-3-7-8(10)5-6-9(7)11-12/h2-4,12H,5-6H2,1H3. The highest BCUT2D eigenvalue weighted by atomic mass is 16.5. The average molecular weight is 177 g/mol. The molecule has 0 atom stereocenters. The fraction of sp³-hybridized carbons (Fsp3) is 0.300. The van der Waals surface area contributed by atoms with E-state index in [9.17, 15) is 0 Å². The molecule has 0 heterocycles. The zero-order chi connectivity index (χ0) is 9.26. The second-order valence-corrected chi connectivity index (χ2v) is 3.03. The molecule has 0 spiro atoms. The van der Waals surface area contributed by atoms with Gasteiger partial charge in [-0.05, 0) is 18.9 Å². The molecule has 1 aliphatic carbocycles. The van der Waals surface area contributed by atoms with Crippen LogP contribution < -0.4 is 4.74 Å². The highest BCUT2D eigenvalue weighted by Gasteiger charge is 2.20. The van der Waals surface area contributed by atoms with Crippen LogP contribution in [-0.4, -0.2) is 18.0 Å². The maximum Gasteiger partial charge on any atom is 0.122 e. The monoisotopic (exact) mass is 177 g/mol. The van der Waals surface area contributed by atoms with Gasteiger partial charge in [0.25, 0.3) is 0 Å². The quantitative estimate of drug-likeness (QED) is 0.525. The number of ether oxygens (including phenoxy) is 1. The molecule has 68 valence electrons. The number of hydrogen-bond acceptors (Lipinski definition) is 3. The predicted octanol–water partition coefficient (Wildman–Crippen LogP) is 1.82. The van der Waals surface area contributed by atoms with Crippen LogP contribution >= 0.6 is 0 Å². The summed E-state index contributed by atoms with van der Waals surface area (Å²) in [6.07, 6.45) is 1.70. The van der Waals surface area contributed by atoms with Crippen molar-refractivity contribution < 1.29 is 9.94 Å². The van der Waals surface area contributed by atoms with Crippen molar-refractivity contribution in [3.8, 4) is 5.75 Å². The number of oxime groups is 1. The van der Waals surface area contributed by atoms with Crippen molar-refractivity contribution in [3.63, 3.8) is 0 Å². The maximum atomic E-state index is 8.72. The van der Waals surface area contributed by atoms with Crippen LogP contribution in [0.3, 0.4) is 0 Å². The number of hydrogen-bond donors (Lipinski definition) is 1. The minimum atomic E-state index is 0.758. The summed E-state index contributed by atoms with van der Waals surface area (Å²) in [6, 6.07) is 5.80. The number of nitrogens with zero attached hydrogens (tertiary/aromatic N) is 1. The van der Waals surface area contributed by atoms with E-state index in [0.717, 1.165) is 35.4 Å². The second kappa shape index (κ2) is 3.09. The van der Waals surface area contributed by atoms with E-state index < -0.39 is 0 Å². The molecule has 0 bridgehead atoms. The number of rotatable bonds is 1. The molecule has 3 nitrogen and oxygen atoms in total. The van der Waals surface area contributed by atoms with E-state index in [1.165, 1.54) is 0 Å². The molecule has 0 saturated heterocycles. The van der Waals surface area contributed by atoms with Crippen molar-refractivity contribution in [1.29, 1.82) is 0 Å². The first-order valence-electron chi connectivity index (χ1n) is 4.24. The summed E-state index contributed by atoms with van der Waals surface area (Å²) in [4.78, 5) is 0. The van der Waals surface area contributed by atoms with Crippen molar-refractivity contribution >= 4 is 5.71 Å². The third-order valence-corrected chi connectivity index (χ3v) is 2.40. The molecular weight excluding hydrogens is 166 g/mol. The second-order valence-electron chi connectivity index (χ2n) is 3.03. The van der Waals surface area contributed by atoms with E-state index in [2.05, 4.69) is 5.16 Å². The lowest BCUT2D eigenvalue weighted by molar-refractivity contribution is 0.318. The molecule has 0 radical (unpaired) electrons. The van der Waals surface area contributed by atoms with Crippen LogP contribution in [0.25, 0.3) is 0 Å². The summed E-state index contributed by atoms with van der Waals surface area (Å²) in [7, 11) is 1.66. The van der Waals surface area contributed by atoms with Gasteiger partial charge in [-0.3, -0.25) is 0 Å². The minimum absolute atomic E-state index is 0.758. The summed E-state index contributed by atoms with van der Waals surface area (Å²) >= 11 is 0. The van der Waals surface area contributed by atoms with Gasteiger partial charge in [-0.1, -0.05) is 17.3 Å². The molecule has 1 aromatic carbocycles. The van der Waals surface area contributed by atoms with Crippen LogP contribution in [0.5, 0.6) is 5.75 Å². The van der Waals surface area contributed by atoms with Gasteiger partial charge in [0, 0.05) is 11.1 Å². The van der Waals surface area contributed by atoms with E-state index in [1.807, 2.05) is 18.2 Å². The smallest absolute Gasteiger partial charge is 0.122 e. The highest BCUT2D eigenvalue weighted by Crippen LogP contribution is 2.30. The van der Waals surface area contributed by atoms with E-state index >= 15 is 0 Å². The molecule has 3 heteroatoms. The lowest BCUT2D eigenvalue weighted by Crippen LogP contribution is -1.94. The first kappa shape index (κ1) is 8.10. The Kier molecular flexibility index (Phi) is 1.93. The van der Waals surface area contributed by atoms with Gasteiger partial charge in [0.2, 0.25) is 0 Å². The molecule has 13 heavy (non-hydrogen) atoms. The molecule has 0 amide bonds. The van der Waals surface area contributed by atoms with Crippen LogP contribution in [0.1, 0.15) is 17.5 Å². The summed E-state index contributed by atoms with van der Waals surface area (Å²) in [5.41, 5.74) is 2.92. The Hall–Kier alpha value is -1.51. The Bertz CT molecular complexity index is 358. The minimum Gasteiger partial charge on any atom is -0.496 e. The molecule has 0 aromatic heterocycles. The lowest BCUT2D eigenvalue weighted by Gasteiger charge is -2.05. The van der Waals surface area contributed by atoms with Crippen LogP contribution in [0.4, 0.5) is 0 Å². The van der Waals surface area contributed by atoms with E-state index in [-0.39, 0.29) is 0 Å². The van der Waals surface area contributed by atoms with Crippen molar-refractivity contribution in [1.82, 2.24) is 0 Å². The summed E-state index contributed by atoms with van der Waals surface area (Å²) in [6.45, 7) is 0. The van der Waals surface area contributed by atoms with Crippen LogP contribution in [0, 0.1) is 0 Å². The molecule has 0 saturated carbocycles. The Balaban J connectivity index is 2.55. The molecule has 0 aliphatic heterocycles. The Morgan fingerprint density at radius 1 is 1.38 bits per heavy atom. The third kappa shape index (κ3) is 1.16. The first-order valence-corrected chi connectivity index (χ1v) is 4.24. The van der Waals surface area contributed by atoms with Gasteiger partial charge in [0.1, 0.15) is 5.75 Å². The SMILES string of the molecule is COc1cccc2c1CCC2=NO. The zero-order valence-electron chi connectivity index (χ0n) is 7.45. The van der Waals surface area contributed by atoms with Crippen molar-refractivity contribution in [3.05, 3.63) is 29.3 Å². The molecule has 1 aromatic rings. The Morgan fingerprint density at radius 3 is 2.92 bits per heavy atom. The Morgan fingerprint density at radius 2 is 2.23 bits per heavy atom. The van der Waals surface area contributed by atoms with Crippen molar-refractivity contribution in [2.75, 3.05) is 7.11 Å². The van der Waals surface area contributed by atoms with Gasteiger partial charge < -0.3 is 9.94 Å². The summed E-state index contributed by atoms with van der Waals surface area (Å²) in [5.74, 6) is 0.885. The molecule has 1 N–H and O–H groups in total. The van der Waals surface area contributed by atoms with E-state index in [0.29, 0.717) is 0 Å². The average Bonchev–Trinajstić information content (AvgIpc) is 2.60. The zero-order valence-corrected chi connectivity index (χ0v) is 7.45. The molecule has 1 aliphatic rings. The van der Waals surface area contributed by atoms with Gasteiger partial charge in [0.05, 0.1) is 12.8 Å². The lowest BCUT2D eigenvalue weighted by atomic mass is 10.1. The van der Waals surface area contributed by atoms with Crippen molar-refractivity contribution in [2.45, 2.75) is 12.8 Å². The Labute approximate surface area is 76.6 Å². The van der Waals surface area contributed by atoms with E-state index in [1.54, 1.807) is 7.11 Å². The number of benzene rings is 1. The molecular formula is C10H11NO2. The predicted molar refractivity (Wildman–Crippen MR) is 49.6 cm³/mol. The fourth-order valence-electron chi connectivity index (χ4n) is 1.77. The molecule has 0 unspecified atom stereocenters. The van der Waals surface area contributed by atoms with Crippen LogP contribution in [0.2, 0.25) is 0 Å². The topological polar surface area (TPSA) is 41.8 Å². The molecule has 0 fully saturated rings. The van der Waals surface area contributed by atoms with Crippen molar-refractivity contribution in [2.24, 2.45) is 5.16 Å². The van der Waals surface area contributed by atoms with Gasteiger partial charge in [-0.15, -0.1) is 0 Å². The highest BCUT2D eigenvalue weighted by molar-refractivity contribution is 6.04. The van der Waals surface area contributed by atoms with Crippen LogP contribution in [-0.2, 0) is 6.42 Å². The fourth-order valence-corrected chi connectivity index (χ4v) is 1.77. The van der Waals surface area contributed by atoms with Gasteiger partial charge in [0.15, 0.2) is 0 Å². The van der Waals surface area contributed by atoms with Gasteiger partial charge >= 0.3 is 0 Å². The third-order valence-electron chi connectivity index (χ3n) is 2.40. The normalized spacial score (nSPS) is 17.5. The first-order chi connectivity index (χ1) is 6.36. The summed E-state index contributed by atoms with van der Waals surface area (Å²) < 4.78 is 5.21. The van der Waals surface area contributed by atoms with Gasteiger partial charge in [-0.2, -0.15) is 0 Å². The van der Waals surface area contributed by atoms with Gasteiger partial charge in [-0.25, -0.2) is 0 Å².